The van der Waals surface area contributed by atoms with Crippen molar-refractivity contribution in [2.45, 2.75) is 25.7 Å². The van der Waals surface area contributed by atoms with Crippen molar-refractivity contribution in [1.29, 1.82) is 0 Å². The first-order valence-corrected chi connectivity index (χ1v) is 7.82. The van der Waals surface area contributed by atoms with Gasteiger partial charge in [-0.2, -0.15) is 0 Å². The lowest BCUT2D eigenvalue weighted by Gasteiger charge is -2.19. The number of benzene rings is 2. The molecule has 1 heterocycles. The summed E-state index contributed by atoms with van der Waals surface area (Å²) in [5.41, 5.74) is 11.7. The molecule has 2 aliphatic rings. The average molecular weight is 271 g/mol. The Hall–Kier alpha value is -2.28. The molecule has 0 radical (unpaired) electrons. The number of hydrogen-bond donors (Lipinski definition) is 1. The van der Waals surface area contributed by atoms with E-state index in [1.165, 1.54) is 59.3 Å². The third kappa shape index (κ3) is 1.52. The number of rotatable bonds is 0. The van der Waals surface area contributed by atoms with Crippen molar-refractivity contribution in [3.05, 3.63) is 70.8 Å². The Morgan fingerprint density at radius 2 is 1.05 bits per heavy atom. The van der Waals surface area contributed by atoms with Gasteiger partial charge in [-0.25, -0.2) is 0 Å². The Morgan fingerprint density at radius 1 is 0.571 bits per heavy atom. The molecule has 0 fully saturated rings. The van der Waals surface area contributed by atoms with Gasteiger partial charge in [-0.1, -0.05) is 48.5 Å². The molecule has 0 saturated heterocycles. The second kappa shape index (κ2) is 4.11. The summed E-state index contributed by atoms with van der Waals surface area (Å²) >= 11 is 0. The van der Waals surface area contributed by atoms with Crippen LogP contribution in [0.1, 0.15) is 22.3 Å². The number of fused-ring (bicyclic) bond motifs is 7. The number of hydrogen-bond acceptors (Lipinski definition) is 0. The number of aromatic amines is 1. The van der Waals surface area contributed by atoms with Crippen LogP contribution >= 0.6 is 0 Å². The van der Waals surface area contributed by atoms with Crippen LogP contribution in [0.25, 0.3) is 22.5 Å². The standard InChI is InChI=1S/C20H17N/c1-3-7-15-13(5-1)9-11-17-18-12-10-14-6-2-4-8-16(14)20(18)21-19(15)17/h1-8,21H,9-12H2. The minimum absolute atomic E-state index is 1.18. The van der Waals surface area contributed by atoms with Crippen LogP contribution in [-0.2, 0) is 25.7 Å². The maximum atomic E-state index is 3.77. The van der Waals surface area contributed by atoms with E-state index in [9.17, 15) is 0 Å². The molecule has 0 bridgehead atoms. The minimum atomic E-state index is 1.18. The molecule has 0 aliphatic heterocycles. The molecule has 1 heteroatoms. The molecule has 0 amide bonds. The summed E-state index contributed by atoms with van der Waals surface area (Å²) in [6.45, 7) is 0. The first-order chi connectivity index (χ1) is 10.4. The Bertz CT molecular complexity index is 784. The first-order valence-electron chi connectivity index (χ1n) is 7.82. The molecule has 102 valence electrons. The molecular formula is C20H17N. The van der Waals surface area contributed by atoms with Crippen LogP contribution in [0.15, 0.2) is 48.5 Å². The zero-order valence-electron chi connectivity index (χ0n) is 11.9. The van der Waals surface area contributed by atoms with Crippen molar-refractivity contribution in [3.8, 4) is 22.5 Å². The van der Waals surface area contributed by atoms with Crippen molar-refractivity contribution in [2.75, 3.05) is 0 Å². The van der Waals surface area contributed by atoms with Crippen LogP contribution in [0, 0.1) is 0 Å². The molecule has 1 aromatic heterocycles. The molecule has 0 saturated carbocycles. The zero-order valence-corrected chi connectivity index (χ0v) is 11.9. The van der Waals surface area contributed by atoms with Gasteiger partial charge in [0.15, 0.2) is 0 Å². The van der Waals surface area contributed by atoms with Gasteiger partial charge in [0.1, 0.15) is 0 Å². The van der Waals surface area contributed by atoms with E-state index in [-0.39, 0.29) is 0 Å². The van der Waals surface area contributed by atoms with E-state index >= 15 is 0 Å². The lowest BCUT2D eigenvalue weighted by Crippen LogP contribution is -2.06. The van der Waals surface area contributed by atoms with Gasteiger partial charge >= 0.3 is 0 Å². The fourth-order valence-electron chi connectivity index (χ4n) is 4.07. The van der Waals surface area contributed by atoms with Crippen LogP contribution in [0.3, 0.4) is 0 Å². The second-order valence-electron chi connectivity index (χ2n) is 6.15. The van der Waals surface area contributed by atoms with Crippen molar-refractivity contribution >= 4 is 0 Å². The molecule has 5 rings (SSSR count). The van der Waals surface area contributed by atoms with Crippen molar-refractivity contribution in [3.63, 3.8) is 0 Å². The van der Waals surface area contributed by atoms with Gasteiger partial charge in [-0.3, -0.25) is 0 Å². The van der Waals surface area contributed by atoms with E-state index in [0.717, 1.165) is 0 Å². The predicted molar refractivity (Wildman–Crippen MR) is 86.5 cm³/mol. The quantitative estimate of drug-likeness (QED) is 0.617. The molecule has 0 atom stereocenters. The summed E-state index contributed by atoms with van der Waals surface area (Å²) in [6.07, 6.45) is 4.71. The fourth-order valence-corrected chi connectivity index (χ4v) is 4.07. The van der Waals surface area contributed by atoms with E-state index in [2.05, 4.69) is 53.5 Å². The highest BCUT2D eigenvalue weighted by atomic mass is 14.8. The average Bonchev–Trinajstić information content (AvgIpc) is 2.94. The number of aromatic nitrogens is 1. The van der Waals surface area contributed by atoms with Crippen molar-refractivity contribution in [1.82, 2.24) is 4.98 Å². The highest BCUT2D eigenvalue weighted by molar-refractivity contribution is 5.81. The van der Waals surface area contributed by atoms with Crippen LogP contribution in [0.5, 0.6) is 0 Å². The first kappa shape index (κ1) is 11.4. The maximum absolute atomic E-state index is 3.77. The predicted octanol–water partition coefficient (Wildman–Crippen LogP) is 4.55. The van der Waals surface area contributed by atoms with E-state index in [1.54, 1.807) is 11.1 Å². The van der Waals surface area contributed by atoms with Gasteiger partial charge < -0.3 is 4.98 Å². The summed E-state index contributed by atoms with van der Waals surface area (Å²) in [7, 11) is 0. The SMILES string of the molecule is c1ccc2c(c1)CCc1c-2[nH]c2c1CCc1ccccc1-2. The second-order valence-corrected chi connectivity index (χ2v) is 6.15. The smallest absolute Gasteiger partial charge is 0.0497 e. The molecule has 3 aromatic rings. The van der Waals surface area contributed by atoms with E-state index < -0.39 is 0 Å². The summed E-state index contributed by atoms with van der Waals surface area (Å²) in [5, 5.41) is 0. The Labute approximate surface area is 124 Å². The normalized spacial score (nSPS) is 14.9. The Kier molecular flexibility index (Phi) is 2.23. The maximum Gasteiger partial charge on any atom is 0.0497 e. The molecule has 1 N–H and O–H groups in total. The van der Waals surface area contributed by atoms with Crippen LogP contribution in [0.4, 0.5) is 0 Å². The van der Waals surface area contributed by atoms with Crippen molar-refractivity contribution < 1.29 is 0 Å². The zero-order chi connectivity index (χ0) is 13.8. The molecule has 0 unspecified atom stereocenters. The molecule has 21 heavy (non-hydrogen) atoms. The van der Waals surface area contributed by atoms with Gasteiger partial charge in [0.2, 0.25) is 0 Å². The minimum Gasteiger partial charge on any atom is -0.354 e. The molecule has 0 spiro atoms. The molecule has 1 nitrogen and oxygen atoms in total. The number of H-pyrrole nitrogens is 1. The topological polar surface area (TPSA) is 15.8 Å². The summed E-state index contributed by atoms with van der Waals surface area (Å²) in [4.78, 5) is 3.77. The van der Waals surface area contributed by atoms with E-state index in [4.69, 9.17) is 0 Å². The molecule has 2 aromatic carbocycles. The van der Waals surface area contributed by atoms with Crippen molar-refractivity contribution in [2.24, 2.45) is 0 Å². The Balaban J connectivity index is 1.79. The summed E-state index contributed by atoms with van der Waals surface area (Å²) in [5.74, 6) is 0. The van der Waals surface area contributed by atoms with Crippen LogP contribution in [-0.4, -0.2) is 4.98 Å². The largest absolute Gasteiger partial charge is 0.354 e. The van der Waals surface area contributed by atoms with Gasteiger partial charge in [-0.15, -0.1) is 0 Å². The molecular weight excluding hydrogens is 254 g/mol. The monoisotopic (exact) mass is 271 g/mol. The highest BCUT2D eigenvalue weighted by Crippen LogP contribution is 2.42. The third-order valence-electron chi connectivity index (χ3n) is 5.08. The molecule has 2 aliphatic carbocycles. The van der Waals surface area contributed by atoms with Crippen LogP contribution in [0.2, 0.25) is 0 Å². The lowest BCUT2D eigenvalue weighted by molar-refractivity contribution is 0.886. The van der Waals surface area contributed by atoms with Crippen LogP contribution < -0.4 is 0 Å². The van der Waals surface area contributed by atoms with E-state index in [0.29, 0.717) is 0 Å². The summed E-state index contributed by atoms with van der Waals surface area (Å²) in [6, 6.07) is 17.7. The number of nitrogens with one attached hydrogen (secondary N) is 1. The third-order valence-corrected chi connectivity index (χ3v) is 5.08. The fraction of sp³-hybridized carbons (Fsp3) is 0.200. The van der Waals surface area contributed by atoms with Gasteiger partial charge in [0.05, 0.1) is 0 Å². The summed E-state index contributed by atoms with van der Waals surface area (Å²) < 4.78 is 0. The van der Waals surface area contributed by atoms with Gasteiger partial charge in [0.25, 0.3) is 0 Å². The highest BCUT2D eigenvalue weighted by Gasteiger charge is 2.27. The van der Waals surface area contributed by atoms with Gasteiger partial charge in [0, 0.05) is 22.5 Å². The number of aryl methyl sites for hydroxylation is 2. The Morgan fingerprint density at radius 3 is 1.57 bits per heavy atom. The lowest BCUT2D eigenvalue weighted by atomic mass is 9.84. The van der Waals surface area contributed by atoms with Gasteiger partial charge in [-0.05, 0) is 47.9 Å². The van der Waals surface area contributed by atoms with E-state index in [1.807, 2.05) is 0 Å².